The zero-order chi connectivity index (χ0) is 22.5. The second kappa shape index (κ2) is 9.55. The number of aryl methyl sites for hydroxylation is 2. The van der Waals surface area contributed by atoms with E-state index in [1.165, 1.54) is 18.7 Å². The van der Waals surface area contributed by atoms with Gasteiger partial charge in [0.25, 0.3) is 11.8 Å². The Hall–Kier alpha value is -3.81. The Kier molecular flexibility index (Phi) is 6.39. The average Bonchev–Trinajstić information content (AvgIpc) is 3.19. The minimum Gasteiger partial charge on any atom is -0.496 e. The van der Waals surface area contributed by atoms with Gasteiger partial charge in [-0.3, -0.25) is 14.9 Å². The molecule has 0 saturated heterocycles. The number of benzene rings is 2. The van der Waals surface area contributed by atoms with Crippen LogP contribution in [0.2, 0.25) is 0 Å². The highest BCUT2D eigenvalue weighted by atomic mass is 16.6. The van der Waals surface area contributed by atoms with Crippen molar-refractivity contribution in [1.29, 1.82) is 0 Å². The number of methoxy groups -OCH3 is 1. The van der Waals surface area contributed by atoms with E-state index in [4.69, 9.17) is 18.6 Å². The van der Waals surface area contributed by atoms with Crippen LogP contribution in [0.4, 0.5) is 0 Å². The van der Waals surface area contributed by atoms with Crippen LogP contribution < -0.4 is 14.8 Å². The van der Waals surface area contributed by atoms with Crippen molar-refractivity contribution in [2.45, 2.75) is 25.7 Å². The molecule has 0 aliphatic heterocycles. The molecule has 0 unspecified atom stereocenters. The number of hydrogen-bond donors (Lipinski definition) is 1. The molecule has 0 saturated carbocycles. The third-order valence-electron chi connectivity index (χ3n) is 5.25. The second-order valence-corrected chi connectivity index (χ2v) is 7.40. The number of para-hydroxylation sites is 1. The number of hydrogen-bond acceptors (Lipinski definition) is 7. The fraction of sp³-hybridized carbons (Fsp3) is 0.292. The van der Waals surface area contributed by atoms with E-state index < -0.39 is 24.4 Å². The molecule has 8 heteroatoms. The van der Waals surface area contributed by atoms with Crippen molar-refractivity contribution in [3.05, 3.63) is 59.4 Å². The molecule has 1 heterocycles. The van der Waals surface area contributed by atoms with Crippen molar-refractivity contribution in [2.75, 3.05) is 20.3 Å². The van der Waals surface area contributed by atoms with Gasteiger partial charge in [0.05, 0.1) is 12.7 Å². The fourth-order valence-electron chi connectivity index (χ4n) is 3.72. The summed E-state index contributed by atoms with van der Waals surface area (Å²) in [6, 6.07) is 11.9. The lowest BCUT2D eigenvalue weighted by atomic mass is 9.96. The van der Waals surface area contributed by atoms with Crippen LogP contribution in [0.1, 0.15) is 34.5 Å². The second-order valence-electron chi connectivity index (χ2n) is 7.40. The molecule has 3 aromatic rings. The number of imide groups is 1. The van der Waals surface area contributed by atoms with Gasteiger partial charge in [-0.2, -0.15) is 0 Å². The summed E-state index contributed by atoms with van der Waals surface area (Å²) in [6.07, 6.45) is 4.16. The Morgan fingerprint density at radius 2 is 1.84 bits per heavy atom. The topological polar surface area (TPSA) is 104 Å². The van der Waals surface area contributed by atoms with Crippen molar-refractivity contribution in [3.63, 3.8) is 0 Å². The summed E-state index contributed by atoms with van der Waals surface area (Å²) in [5.74, 6) is -0.244. The van der Waals surface area contributed by atoms with Crippen LogP contribution in [-0.2, 0) is 27.2 Å². The largest absolute Gasteiger partial charge is 0.496 e. The number of carbonyl (C=O) groups excluding carboxylic acids is 3. The van der Waals surface area contributed by atoms with Crippen molar-refractivity contribution < 1.29 is 33.0 Å². The first kappa shape index (κ1) is 21.4. The lowest BCUT2D eigenvalue weighted by Crippen LogP contribution is -2.34. The minimum atomic E-state index is -0.749. The van der Waals surface area contributed by atoms with Crippen LogP contribution in [0.3, 0.4) is 0 Å². The number of ether oxygens (including phenoxy) is 3. The van der Waals surface area contributed by atoms with Gasteiger partial charge in [0, 0.05) is 17.4 Å². The SMILES string of the molecule is COc1ccccc1C(=O)NC(=O)COC(=O)COc1ccc2oc3c(c2c1)CCCC3. The zero-order valence-electron chi connectivity index (χ0n) is 17.6. The zero-order valence-corrected chi connectivity index (χ0v) is 17.6. The minimum absolute atomic E-state index is 0.204. The molecule has 32 heavy (non-hydrogen) atoms. The van der Waals surface area contributed by atoms with Gasteiger partial charge in [0.15, 0.2) is 13.2 Å². The molecular formula is C24H23NO7. The van der Waals surface area contributed by atoms with Crippen LogP contribution in [0.25, 0.3) is 11.0 Å². The van der Waals surface area contributed by atoms with Crippen LogP contribution in [0.5, 0.6) is 11.5 Å². The first-order valence-corrected chi connectivity index (χ1v) is 10.3. The van der Waals surface area contributed by atoms with E-state index in [1.54, 1.807) is 24.3 Å². The molecule has 2 amide bonds. The van der Waals surface area contributed by atoms with E-state index in [1.807, 2.05) is 12.1 Å². The Morgan fingerprint density at radius 3 is 2.69 bits per heavy atom. The quantitative estimate of drug-likeness (QED) is 0.566. The summed E-state index contributed by atoms with van der Waals surface area (Å²) in [5.41, 5.74) is 2.22. The lowest BCUT2D eigenvalue weighted by Gasteiger charge is -2.10. The highest BCUT2D eigenvalue weighted by Crippen LogP contribution is 2.33. The summed E-state index contributed by atoms with van der Waals surface area (Å²) < 4.78 is 21.4. The van der Waals surface area contributed by atoms with Crippen LogP contribution in [0.15, 0.2) is 46.9 Å². The average molecular weight is 437 g/mol. The van der Waals surface area contributed by atoms with Gasteiger partial charge >= 0.3 is 5.97 Å². The predicted molar refractivity (Wildman–Crippen MR) is 115 cm³/mol. The monoisotopic (exact) mass is 437 g/mol. The van der Waals surface area contributed by atoms with E-state index >= 15 is 0 Å². The van der Waals surface area contributed by atoms with Gasteiger partial charge in [-0.15, -0.1) is 0 Å². The van der Waals surface area contributed by atoms with Crippen molar-refractivity contribution in [3.8, 4) is 11.5 Å². The molecule has 0 bridgehead atoms. The van der Waals surface area contributed by atoms with Gasteiger partial charge in [-0.25, -0.2) is 4.79 Å². The Labute approximate surface area is 184 Å². The third kappa shape index (κ3) is 4.74. The molecule has 1 aromatic heterocycles. The van der Waals surface area contributed by atoms with Crippen molar-refractivity contribution >= 4 is 28.8 Å². The van der Waals surface area contributed by atoms with E-state index in [-0.39, 0.29) is 12.2 Å². The van der Waals surface area contributed by atoms with E-state index in [2.05, 4.69) is 5.32 Å². The Morgan fingerprint density at radius 1 is 1.03 bits per heavy atom. The third-order valence-corrected chi connectivity index (χ3v) is 5.25. The molecule has 1 aliphatic rings. The smallest absolute Gasteiger partial charge is 0.344 e. The summed E-state index contributed by atoms with van der Waals surface area (Å²) in [7, 11) is 1.43. The molecule has 2 aromatic carbocycles. The predicted octanol–water partition coefficient (Wildman–Crippen LogP) is 3.20. The summed E-state index contributed by atoms with van der Waals surface area (Å²) in [5, 5.41) is 3.16. The molecule has 166 valence electrons. The number of esters is 1. The molecular weight excluding hydrogens is 414 g/mol. The summed E-state index contributed by atoms with van der Waals surface area (Å²) in [6.45, 7) is -0.962. The maximum absolute atomic E-state index is 12.2. The summed E-state index contributed by atoms with van der Waals surface area (Å²) >= 11 is 0. The fourth-order valence-corrected chi connectivity index (χ4v) is 3.72. The van der Waals surface area contributed by atoms with Crippen LogP contribution in [0, 0.1) is 0 Å². The number of rotatable bonds is 7. The molecule has 0 fully saturated rings. The Balaban J connectivity index is 1.27. The van der Waals surface area contributed by atoms with Gasteiger partial charge < -0.3 is 18.6 Å². The highest BCUT2D eigenvalue weighted by Gasteiger charge is 2.19. The van der Waals surface area contributed by atoms with Crippen LogP contribution >= 0.6 is 0 Å². The van der Waals surface area contributed by atoms with E-state index in [9.17, 15) is 14.4 Å². The summed E-state index contributed by atoms with van der Waals surface area (Å²) in [4.78, 5) is 36.1. The number of amides is 2. The van der Waals surface area contributed by atoms with E-state index in [0.29, 0.717) is 11.5 Å². The number of carbonyl (C=O) groups is 3. The number of fused-ring (bicyclic) bond motifs is 3. The molecule has 0 atom stereocenters. The maximum atomic E-state index is 12.2. The van der Waals surface area contributed by atoms with Crippen LogP contribution in [-0.4, -0.2) is 38.1 Å². The van der Waals surface area contributed by atoms with Gasteiger partial charge in [-0.1, -0.05) is 12.1 Å². The van der Waals surface area contributed by atoms with Gasteiger partial charge in [0.2, 0.25) is 0 Å². The van der Waals surface area contributed by atoms with Crippen molar-refractivity contribution in [2.24, 2.45) is 0 Å². The normalized spacial score (nSPS) is 12.7. The lowest BCUT2D eigenvalue weighted by molar-refractivity contribution is -0.150. The molecule has 1 aliphatic carbocycles. The maximum Gasteiger partial charge on any atom is 0.344 e. The molecule has 4 rings (SSSR count). The highest BCUT2D eigenvalue weighted by molar-refractivity contribution is 6.06. The van der Waals surface area contributed by atoms with Crippen molar-refractivity contribution in [1.82, 2.24) is 5.32 Å². The first-order chi connectivity index (χ1) is 15.5. The first-order valence-electron chi connectivity index (χ1n) is 10.3. The van der Waals surface area contributed by atoms with Gasteiger partial charge in [-0.05, 0) is 49.6 Å². The molecule has 8 nitrogen and oxygen atoms in total. The number of furan rings is 1. The number of nitrogens with one attached hydrogen (secondary N) is 1. The van der Waals surface area contributed by atoms with Gasteiger partial charge in [0.1, 0.15) is 22.8 Å². The molecule has 0 spiro atoms. The van der Waals surface area contributed by atoms with E-state index in [0.717, 1.165) is 42.4 Å². The standard InChI is InChI=1S/C24H23NO7/c1-29-19-8-4-3-7-17(19)24(28)25-22(26)13-31-23(27)14-30-15-10-11-21-18(12-15)16-6-2-5-9-20(16)32-21/h3-4,7-8,10-12H,2,5-6,9,13-14H2,1H3,(H,25,26,28). The Bertz CT molecular complexity index is 1160. The molecule has 1 N–H and O–H groups in total. The molecule has 0 radical (unpaired) electrons.